The molecule has 0 aliphatic heterocycles. The first-order valence-electron chi connectivity index (χ1n) is 31.5. The molecule has 75 heavy (non-hydrogen) atoms. The van der Waals surface area contributed by atoms with Crippen molar-refractivity contribution in [2.45, 2.75) is 289 Å². The number of carbonyl (C=O) groups is 1. The first-order valence-corrected chi connectivity index (χ1v) is 31.5. The standard InChI is InChI=1S/C71H119NO3/c1-3-5-7-9-11-13-15-17-19-21-23-25-27-29-31-33-34-35-36-37-38-39-41-43-45-47-49-51-53-55-57-59-61-63-65-67-71(75)72-69(68-73)70(74)66-64-62-60-58-56-54-52-50-48-46-44-42-40-32-30-28-26-24-22-20-18-16-14-12-10-8-6-4-2/h5,7,11,13,17,19,23,25,29,31,34-35,37-38,41,43,47-50,56,58,64,66,69-70,73-74H,3-4,6,8-10,12,14-16,18,20-22,24,26-28,30,32-33,36,39-40,42,44-46,51-55,57,59-63,65,67-68H2,1-2H3,(H,72,75)/b7-5-,13-11-,19-17-,25-23-,31-29-,35-34-,38-37-,43-41-,49-47-,50-48+,58-56+,66-64+. The van der Waals surface area contributed by atoms with E-state index in [-0.39, 0.29) is 12.5 Å². The second-order valence-corrected chi connectivity index (χ2v) is 20.7. The summed E-state index contributed by atoms with van der Waals surface area (Å²) >= 11 is 0. The van der Waals surface area contributed by atoms with E-state index in [2.05, 4.69) is 153 Å². The molecule has 0 aliphatic carbocycles. The number of carbonyl (C=O) groups excluding carboxylic acids is 1. The first kappa shape index (κ1) is 71.3. The Morgan fingerprint density at radius 1 is 0.333 bits per heavy atom. The number of aliphatic hydroxyl groups is 2. The highest BCUT2D eigenvalue weighted by atomic mass is 16.3. The van der Waals surface area contributed by atoms with E-state index in [0.29, 0.717) is 6.42 Å². The zero-order chi connectivity index (χ0) is 54.1. The highest BCUT2D eigenvalue weighted by Gasteiger charge is 2.18. The van der Waals surface area contributed by atoms with Crippen molar-refractivity contribution < 1.29 is 15.0 Å². The predicted octanol–water partition coefficient (Wildman–Crippen LogP) is 21.5. The molecule has 3 N–H and O–H groups in total. The number of amides is 1. The third-order valence-electron chi connectivity index (χ3n) is 13.5. The van der Waals surface area contributed by atoms with Gasteiger partial charge < -0.3 is 15.5 Å². The van der Waals surface area contributed by atoms with E-state index < -0.39 is 12.1 Å². The van der Waals surface area contributed by atoms with Crippen molar-refractivity contribution >= 4 is 5.91 Å². The monoisotopic (exact) mass is 1030 g/mol. The van der Waals surface area contributed by atoms with Gasteiger partial charge in [-0.1, -0.05) is 301 Å². The van der Waals surface area contributed by atoms with Crippen LogP contribution in [0.5, 0.6) is 0 Å². The van der Waals surface area contributed by atoms with Crippen LogP contribution in [0.25, 0.3) is 0 Å². The summed E-state index contributed by atoms with van der Waals surface area (Å²) in [6.07, 6.45) is 102. The summed E-state index contributed by atoms with van der Waals surface area (Å²) in [7, 11) is 0. The SMILES string of the molecule is CC/C=C\C/C=C\C/C=C\C/C=C\C/C=C\C/C=C\C/C=C\C/C=C\C/C=C\CCCCCCCCCC(=O)NC(CO)C(O)/C=C/CC/C=C/CC/C=C/CCCCCCCCCCCCCCCCCCCC. The van der Waals surface area contributed by atoms with Gasteiger partial charge in [0.15, 0.2) is 0 Å². The quantitative estimate of drug-likeness (QED) is 0.0420. The fraction of sp³-hybridized carbons (Fsp3) is 0.648. The molecule has 0 saturated heterocycles. The van der Waals surface area contributed by atoms with E-state index >= 15 is 0 Å². The van der Waals surface area contributed by atoms with Gasteiger partial charge in [0.25, 0.3) is 0 Å². The van der Waals surface area contributed by atoms with Crippen molar-refractivity contribution in [2.24, 2.45) is 0 Å². The molecule has 0 aromatic rings. The molecule has 2 unspecified atom stereocenters. The lowest BCUT2D eigenvalue weighted by atomic mass is 10.0. The van der Waals surface area contributed by atoms with Gasteiger partial charge in [0, 0.05) is 6.42 Å². The van der Waals surface area contributed by atoms with E-state index in [9.17, 15) is 15.0 Å². The van der Waals surface area contributed by atoms with Crippen molar-refractivity contribution in [3.63, 3.8) is 0 Å². The van der Waals surface area contributed by atoms with Crippen LogP contribution < -0.4 is 5.32 Å². The fourth-order valence-electron chi connectivity index (χ4n) is 8.79. The molecule has 0 aromatic carbocycles. The van der Waals surface area contributed by atoms with Gasteiger partial charge in [-0.2, -0.15) is 0 Å². The lowest BCUT2D eigenvalue weighted by Crippen LogP contribution is -2.45. The maximum atomic E-state index is 12.5. The summed E-state index contributed by atoms with van der Waals surface area (Å²) in [5.41, 5.74) is 0. The Kier molecular flexibility index (Phi) is 61.3. The van der Waals surface area contributed by atoms with Crippen molar-refractivity contribution in [1.82, 2.24) is 5.32 Å². The van der Waals surface area contributed by atoms with Crippen molar-refractivity contribution in [3.05, 3.63) is 146 Å². The Labute approximate surface area is 465 Å². The molecule has 0 aromatic heterocycles. The van der Waals surface area contributed by atoms with Gasteiger partial charge in [-0.3, -0.25) is 4.79 Å². The molecule has 0 saturated carbocycles. The van der Waals surface area contributed by atoms with Crippen molar-refractivity contribution in [2.75, 3.05) is 6.61 Å². The lowest BCUT2D eigenvalue weighted by Gasteiger charge is -2.19. The van der Waals surface area contributed by atoms with Gasteiger partial charge in [-0.25, -0.2) is 0 Å². The van der Waals surface area contributed by atoms with E-state index in [1.807, 2.05) is 6.08 Å². The molecule has 4 heteroatoms. The van der Waals surface area contributed by atoms with Gasteiger partial charge in [0.1, 0.15) is 0 Å². The number of hydrogen-bond acceptors (Lipinski definition) is 3. The average molecular weight is 1030 g/mol. The zero-order valence-electron chi connectivity index (χ0n) is 49.0. The molecule has 0 spiro atoms. The Balaban J connectivity index is 3.66. The number of nitrogens with one attached hydrogen (secondary N) is 1. The summed E-state index contributed by atoms with van der Waals surface area (Å²) < 4.78 is 0. The summed E-state index contributed by atoms with van der Waals surface area (Å²) in [6.45, 7) is 4.18. The molecular weight excluding hydrogens is 915 g/mol. The number of allylic oxidation sites excluding steroid dienone is 23. The molecule has 0 fully saturated rings. The maximum absolute atomic E-state index is 12.5. The number of aliphatic hydroxyl groups excluding tert-OH is 2. The molecule has 1 amide bonds. The first-order chi connectivity index (χ1) is 37.2. The van der Waals surface area contributed by atoms with Gasteiger partial charge in [0.2, 0.25) is 5.91 Å². The fourth-order valence-corrected chi connectivity index (χ4v) is 8.79. The van der Waals surface area contributed by atoms with Crippen LogP contribution >= 0.6 is 0 Å². The smallest absolute Gasteiger partial charge is 0.220 e. The minimum atomic E-state index is -0.888. The second-order valence-electron chi connectivity index (χ2n) is 20.7. The summed E-state index contributed by atoms with van der Waals surface area (Å²) in [5.74, 6) is -0.0937. The minimum absolute atomic E-state index is 0.0937. The van der Waals surface area contributed by atoms with Crippen LogP contribution in [0.4, 0.5) is 0 Å². The van der Waals surface area contributed by atoms with Gasteiger partial charge in [-0.15, -0.1) is 0 Å². The van der Waals surface area contributed by atoms with Crippen molar-refractivity contribution in [1.29, 1.82) is 0 Å². The average Bonchev–Trinajstić information content (AvgIpc) is 3.41. The van der Waals surface area contributed by atoms with E-state index in [0.717, 1.165) is 109 Å². The summed E-state index contributed by atoms with van der Waals surface area (Å²) in [5, 5.41) is 23.2. The van der Waals surface area contributed by atoms with Crippen molar-refractivity contribution in [3.8, 4) is 0 Å². The molecule has 4 nitrogen and oxygen atoms in total. The summed E-state index contributed by atoms with van der Waals surface area (Å²) in [6, 6.07) is -0.664. The van der Waals surface area contributed by atoms with Crippen LogP contribution in [-0.4, -0.2) is 34.9 Å². The van der Waals surface area contributed by atoms with Crippen LogP contribution in [0.15, 0.2) is 146 Å². The third-order valence-corrected chi connectivity index (χ3v) is 13.5. The number of rotatable bonds is 56. The van der Waals surface area contributed by atoms with Gasteiger partial charge in [0.05, 0.1) is 18.8 Å². The number of unbranched alkanes of at least 4 members (excludes halogenated alkanes) is 27. The van der Waals surface area contributed by atoms with Crippen LogP contribution in [0.3, 0.4) is 0 Å². The zero-order valence-corrected chi connectivity index (χ0v) is 49.0. The molecule has 0 heterocycles. The third kappa shape index (κ3) is 61.0. The second kappa shape index (κ2) is 64.6. The summed E-state index contributed by atoms with van der Waals surface area (Å²) in [4.78, 5) is 12.5. The van der Waals surface area contributed by atoms with Gasteiger partial charge >= 0.3 is 0 Å². The Morgan fingerprint density at radius 2 is 0.600 bits per heavy atom. The normalized spacial score (nSPS) is 13.8. The predicted molar refractivity (Wildman–Crippen MR) is 335 cm³/mol. The molecule has 0 aliphatic rings. The highest BCUT2D eigenvalue weighted by Crippen LogP contribution is 2.16. The molecule has 426 valence electrons. The van der Waals surface area contributed by atoms with Crippen LogP contribution in [0.1, 0.15) is 277 Å². The molecule has 0 bridgehead atoms. The maximum Gasteiger partial charge on any atom is 0.220 e. The van der Waals surface area contributed by atoms with Crippen LogP contribution in [-0.2, 0) is 4.79 Å². The van der Waals surface area contributed by atoms with E-state index in [4.69, 9.17) is 0 Å². The van der Waals surface area contributed by atoms with E-state index in [1.165, 1.54) is 148 Å². The lowest BCUT2D eigenvalue weighted by molar-refractivity contribution is -0.123. The Morgan fingerprint density at radius 3 is 0.933 bits per heavy atom. The Bertz CT molecular complexity index is 1550. The minimum Gasteiger partial charge on any atom is -0.394 e. The highest BCUT2D eigenvalue weighted by molar-refractivity contribution is 5.76. The molecule has 0 rings (SSSR count). The van der Waals surface area contributed by atoms with E-state index in [1.54, 1.807) is 6.08 Å². The van der Waals surface area contributed by atoms with Gasteiger partial charge in [-0.05, 0) is 116 Å². The topological polar surface area (TPSA) is 69.6 Å². The molecular formula is C71H119NO3. The molecule has 0 radical (unpaired) electrons. The molecule has 2 atom stereocenters. The van der Waals surface area contributed by atoms with Crippen LogP contribution in [0, 0.1) is 0 Å². The largest absolute Gasteiger partial charge is 0.394 e. The number of hydrogen-bond donors (Lipinski definition) is 3. The Hall–Kier alpha value is -3.73. The van der Waals surface area contributed by atoms with Crippen LogP contribution in [0.2, 0.25) is 0 Å².